The normalized spacial score (nSPS) is 11.4. The first-order chi connectivity index (χ1) is 14.1. The molecule has 0 fully saturated rings. The summed E-state index contributed by atoms with van der Waals surface area (Å²) >= 11 is 0. The molecule has 0 atom stereocenters. The second kappa shape index (κ2) is 6.20. The van der Waals surface area contributed by atoms with E-state index in [-0.39, 0.29) is 11.1 Å². The van der Waals surface area contributed by atoms with Crippen LogP contribution in [0.15, 0.2) is 64.7 Å². The summed E-state index contributed by atoms with van der Waals surface area (Å²) in [4.78, 5) is 35.0. The number of aryl methyl sites for hydroxylation is 2. The van der Waals surface area contributed by atoms with E-state index in [0.29, 0.717) is 39.1 Å². The Kier molecular flexibility index (Phi) is 3.63. The van der Waals surface area contributed by atoms with E-state index in [0.717, 1.165) is 0 Å². The molecular formula is C20H15N7O2. The quantitative estimate of drug-likeness (QED) is 0.428. The first-order valence-electron chi connectivity index (χ1n) is 8.92. The molecule has 0 saturated carbocycles. The summed E-state index contributed by atoms with van der Waals surface area (Å²) in [6, 6.07) is 8.82. The molecule has 142 valence electrons. The van der Waals surface area contributed by atoms with Crippen molar-refractivity contribution in [3.8, 4) is 5.82 Å². The molecule has 5 aromatic rings. The van der Waals surface area contributed by atoms with Gasteiger partial charge in [0.05, 0.1) is 16.3 Å². The summed E-state index contributed by atoms with van der Waals surface area (Å²) in [6.07, 6.45) is 6.37. The van der Waals surface area contributed by atoms with Gasteiger partial charge in [-0.15, -0.1) is 10.2 Å². The highest BCUT2D eigenvalue weighted by atomic mass is 16.1. The average Bonchev–Trinajstić information content (AvgIpc) is 3.07. The van der Waals surface area contributed by atoms with Crippen LogP contribution in [0.1, 0.15) is 11.6 Å². The maximum Gasteiger partial charge on any atom is 0.279 e. The van der Waals surface area contributed by atoms with E-state index in [1.165, 1.54) is 15.4 Å². The molecule has 0 aliphatic carbocycles. The van der Waals surface area contributed by atoms with Gasteiger partial charge in [0.15, 0.2) is 0 Å². The third-order valence-electron chi connectivity index (χ3n) is 4.85. The zero-order chi connectivity index (χ0) is 20.1. The van der Waals surface area contributed by atoms with Crippen molar-refractivity contribution < 1.29 is 0 Å². The van der Waals surface area contributed by atoms with Gasteiger partial charge in [0.25, 0.3) is 11.1 Å². The molecule has 0 spiro atoms. The van der Waals surface area contributed by atoms with Crippen molar-refractivity contribution in [3.63, 3.8) is 0 Å². The predicted molar refractivity (Wildman–Crippen MR) is 107 cm³/mol. The summed E-state index contributed by atoms with van der Waals surface area (Å²) in [5.74, 6) is 1.66. The fourth-order valence-electron chi connectivity index (χ4n) is 3.51. The smallest absolute Gasteiger partial charge is 0.268 e. The van der Waals surface area contributed by atoms with Crippen molar-refractivity contribution in [3.05, 3.63) is 87.5 Å². The van der Waals surface area contributed by atoms with E-state index < -0.39 is 0 Å². The van der Waals surface area contributed by atoms with E-state index in [1.54, 1.807) is 61.4 Å². The number of hydrogen-bond acceptors (Lipinski definition) is 6. The van der Waals surface area contributed by atoms with Crippen LogP contribution in [0.2, 0.25) is 0 Å². The summed E-state index contributed by atoms with van der Waals surface area (Å²) in [5.41, 5.74) is -0.0767. The van der Waals surface area contributed by atoms with Crippen molar-refractivity contribution in [2.75, 3.05) is 0 Å². The minimum absolute atomic E-state index is 0.284. The molecule has 0 aliphatic rings. The van der Waals surface area contributed by atoms with Gasteiger partial charge in [0.1, 0.15) is 17.5 Å². The predicted octanol–water partition coefficient (Wildman–Crippen LogP) is 1.62. The average molecular weight is 385 g/mol. The molecule has 9 nitrogen and oxygen atoms in total. The Bertz CT molecular complexity index is 1490. The van der Waals surface area contributed by atoms with Gasteiger partial charge >= 0.3 is 0 Å². The van der Waals surface area contributed by atoms with Gasteiger partial charge in [-0.3, -0.25) is 19.1 Å². The van der Waals surface area contributed by atoms with E-state index in [1.807, 2.05) is 6.07 Å². The summed E-state index contributed by atoms with van der Waals surface area (Å²) in [6.45, 7) is 3.53. The molecule has 0 amide bonds. The van der Waals surface area contributed by atoms with Crippen LogP contribution < -0.4 is 11.1 Å². The SMILES string of the molecule is Cc1nnc(C)n1-n1ccc2c(cnc3ccn(-c4ccccn4)c(=O)c32)c1=O. The van der Waals surface area contributed by atoms with Gasteiger partial charge in [-0.05, 0) is 38.1 Å². The fourth-order valence-corrected chi connectivity index (χ4v) is 3.51. The first-order valence-corrected chi connectivity index (χ1v) is 8.92. The van der Waals surface area contributed by atoms with E-state index >= 15 is 0 Å². The third kappa shape index (κ3) is 2.48. The number of pyridine rings is 4. The van der Waals surface area contributed by atoms with Gasteiger partial charge in [0, 0.05) is 30.2 Å². The zero-order valence-corrected chi connectivity index (χ0v) is 15.6. The van der Waals surface area contributed by atoms with Crippen molar-refractivity contribution in [1.82, 2.24) is 34.1 Å². The Hall–Kier alpha value is -4.14. The minimum Gasteiger partial charge on any atom is -0.268 e. The zero-order valence-electron chi connectivity index (χ0n) is 15.6. The molecule has 29 heavy (non-hydrogen) atoms. The minimum atomic E-state index is -0.310. The van der Waals surface area contributed by atoms with Gasteiger partial charge < -0.3 is 0 Å². The first kappa shape index (κ1) is 17.0. The maximum absolute atomic E-state index is 13.2. The van der Waals surface area contributed by atoms with Crippen molar-refractivity contribution in [1.29, 1.82) is 0 Å². The maximum atomic E-state index is 13.2. The largest absolute Gasteiger partial charge is 0.279 e. The lowest BCUT2D eigenvalue weighted by Crippen LogP contribution is -2.28. The van der Waals surface area contributed by atoms with Crippen LogP contribution >= 0.6 is 0 Å². The molecule has 0 unspecified atom stereocenters. The molecule has 5 rings (SSSR count). The van der Waals surface area contributed by atoms with Gasteiger partial charge in [0.2, 0.25) is 0 Å². The Morgan fingerprint density at radius 2 is 1.62 bits per heavy atom. The van der Waals surface area contributed by atoms with Gasteiger partial charge in [-0.2, -0.15) is 0 Å². The standard InChI is InChI=1S/C20H15N7O2/c1-12-23-24-13(2)27(12)26-10-6-14-15(19(26)28)11-22-16-7-9-25(20(29)18(14)16)17-5-3-4-8-21-17/h3-11H,1-2H3. The van der Waals surface area contributed by atoms with Crippen LogP contribution in [-0.4, -0.2) is 34.1 Å². The lowest BCUT2D eigenvalue weighted by atomic mass is 10.1. The fraction of sp³-hybridized carbons (Fsp3) is 0.100. The van der Waals surface area contributed by atoms with Crippen LogP contribution in [0.25, 0.3) is 27.5 Å². The third-order valence-corrected chi connectivity index (χ3v) is 4.85. The number of nitrogens with zero attached hydrogens (tertiary/aromatic N) is 7. The highest BCUT2D eigenvalue weighted by Crippen LogP contribution is 2.19. The molecule has 0 bridgehead atoms. The van der Waals surface area contributed by atoms with Crippen LogP contribution in [-0.2, 0) is 0 Å². The van der Waals surface area contributed by atoms with Crippen LogP contribution in [0.3, 0.4) is 0 Å². The summed E-state index contributed by atoms with van der Waals surface area (Å²) in [7, 11) is 0. The van der Waals surface area contributed by atoms with Crippen molar-refractivity contribution in [2.24, 2.45) is 0 Å². The lowest BCUT2D eigenvalue weighted by Gasteiger charge is -2.12. The Morgan fingerprint density at radius 1 is 0.828 bits per heavy atom. The van der Waals surface area contributed by atoms with Crippen LogP contribution in [0.5, 0.6) is 0 Å². The second-order valence-corrected chi connectivity index (χ2v) is 6.60. The van der Waals surface area contributed by atoms with Crippen LogP contribution in [0.4, 0.5) is 0 Å². The van der Waals surface area contributed by atoms with E-state index in [4.69, 9.17) is 0 Å². The van der Waals surface area contributed by atoms with E-state index in [2.05, 4.69) is 20.2 Å². The number of hydrogen-bond donors (Lipinski definition) is 0. The van der Waals surface area contributed by atoms with Crippen molar-refractivity contribution >= 4 is 21.7 Å². The van der Waals surface area contributed by atoms with E-state index in [9.17, 15) is 9.59 Å². The Labute approximate surface area is 163 Å². The molecule has 5 aromatic heterocycles. The molecule has 0 N–H and O–H groups in total. The Morgan fingerprint density at radius 3 is 2.34 bits per heavy atom. The second-order valence-electron chi connectivity index (χ2n) is 6.60. The highest BCUT2D eigenvalue weighted by molar-refractivity contribution is 6.04. The molecule has 0 aromatic carbocycles. The van der Waals surface area contributed by atoms with Crippen molar-refractivity contribution in [2.45, 2.75) is 13.8 Å². The number of rotatable bonds is 2. The number of fused-ring (bicyclic) bond motifs is 3. The molecule has 5 heterocycles. The highest BCUT2D eigenvalue weighted by Gasteiger charge is 2.15. The Balaban J connectivity index is 1.85. The summed E-state index contributed by atoms with van der Waals surface area (Å²) < 4.78 is 4.48. The molecule has 0 aliphatic heterocycles. The molecule has 0 saturated heterocycles. The monoisotopic (exact) mass is 385 g/mol. The van der Waals surface area contributed by atoms with Gasteiger partial charge in [-0.1, -0.05) is 6.07 Å². The molecule has 9 heteroatoms. The lowest BCUT2D eigenvalue weighted by molar-refractivity contribution is 0.595. The molecule has 0 radical (unpaired) electrons. The summed E-state index contributed by atoms with van der Waals surface area (Å²) in [5, 5.41) is 9.25. The number of aromatic nitrogens is 7. The van der Waals surface area contributed by atoms with Gasteiger partial charge in [-0.25, -0.2) is 14.3 Å². The molecular weight excluding hydrogens is 370 g/mol. The topological polar surface area (TPSA) is 100 Å². The van der Waals surface area contributed by atoms with Crippen LogP contribution in [0, 0.1) is 13.8 Å².